The summed E-state index contributed by atoms with van der Waals surface area (Å²) in [5.41, 5.74) is 5.10. The minimum atomic E-state index is -0.146. The number of hydrogen-bond acceptors (Lipinski definition) is 4. The number of rotatable bonds is 7. The number of nitrogens with one attached hydrogen (secondary N) is 1. The first kappa shape index (κ1) is 24.7. The van der Waals surface area contributed by atoms with Crippen LogP contribution in [0.1, 0.15) is 29.0 Å². The second-order valence-corrected chi connectivity index (χ2v) is 9.75. The predicted octanol–water partition coefficient (Wildman–Crippen LogP) is 7.16. The number of anilines is 1. The number of methoxy groups -OCH3 is 1. The largest absolute Gasteiger partial charge is 0.497 e. The average Bonchev–Trinajstić information content (AvgIpc) is 3.59. The van der Waals surface area contributed by atoms with E-state index in [9.17, 15) is 0 Å². The lowest BCUT2D eigenvalue weighted by Gasteiger charge is -2.29. The summed E-state index contributed by atoms with van der Waals surface area (Å²) >= 11 is 5.93. The number of benzene rings is 3. The molecule has 194 valence electrons. The molecule has 39 heavy (non-hydrogen) atoms. The number of ether oxygens (including phenoxy) is 2. The highest BCUT2D eigenvalue weighted by Crippen LogP contribution is 2.42. The monoisotopic (exact) mass is 532 g/mol. The van der Waals surface area contributed by atoms with Crippen LogP contribution in [0.5, 0.6) is 17.2 Å². The van der Waals surface area contributed by atoms with Gasteiger partial charge in [-0.15, -0.1) is 0 Å². The van der Waals surface area contributed by atoms with Gasteiger partial charge in [0.15, 0.2) is 5.11 Å². The zero-order chi connectivity index (χ0) is 26.8. The molecule has 2 aromatic heterocycles. The number of hydrogen-bond donors (Lipinski definition) is 1. The lowest BCUT2D eigenvalue weighted by atomic mass is 10.0. The van der Waals surface area contributed by atoms with Crippen molar-refractivity contribution in [2.24, 2.45) is 0 Å². The number of aromatic nitrogens is 2. The van der Waals surface area contributed by atoms with Crippen molar-refractivity contribution < 1.29 is 9.47 Å². The molecule has 5 aromatic rings. The van der Waals surface area contributed by atoms with Crippen LogP contribution in [0.4, 0.5) is 5.69 Å². The Morgan fingerprint density at radius 1 is 0.795 bits per heavy atom. The minimum Gasteiger partial charge on any atom is -0.497 e. The van der Waals surface area contributed by atoms with E-state index in [1.165, 1.54) is 0 Å². The maximum absolute atomic E-state index is 6.15. The van der Waals surface area contributed by atoms with Gasteiger partial charge in [-0.1, -0.05) is 24.3 Å². The zero-order valence-corrected chi connectivity index (χ0v) is 22.5. The third kappa shape index (κ3) is 4.84. The topological polar surface area (TPSA) is 51.5 Å². The van der Waals surface area contributed by atoms with Gasteiger partial charge in [0.05, 0.1) is 18.8 Å². The maximum Gasteiger partial charge on any atom is 0.174 e. The Morgan fingerprint density at radius 2 is 1.51 bits per heavy atom. The highest BCUT2D eigenvalue weighted by atomic mass is 32.1. The lowest BCUT2D eigenvalue weighted by Crippen LogP contribution is -2.30. The first-order valence-corrected chi connectivity index (χ1v) is 13.2. The predicted molar refractivity (Wildman–Crippen MR) is 158 cm³/mol. The highest BCUT2D eigenvalue weighted by Gasteiger charge is 2.42. The quantitative estimate of drug-likeness (QED) is 0.225. The second-order valence-electron chi connectivity index (χ2n) is 9.36. The molecule has 0 unspecified atom stereocenters. The van der Waals surface area contributed by atoms with Gasteiger partial charge in [0.2, 0.25) is 0 Å². The Hall–Kier alpha value is -4.62. The Kier molecular flexibility index (Phi) is 6.73. The number of para-hydroxylation sites is 1. The van der Waals surface area contributed by atoms with Crippen LogP contribution in [0.15, 0.2) is 116 Å². The number of aryl methyl sites for hydroxylation is 1. The first-order chi connectivity index (χ1) is 19.1. The maximum atomic E-state index is 6.15. The van der Waals surface area contributed by atoms with E-state index in [-0.39, 0.29) is 12.1 Å². The fraction of sp³-hybridized carbons (Fsp3) is 0.125. The Bertz CT molecular complexity index is 1580. The molecular formula is C32H28N4O2S. The first-order valence-electron chi connectivity index (χ1n) is 12.8. The molecule has 0 saturated carbocycles. The molecule has 0 spiro atoms. The van der Waals surface area contributed by atoms with E-state index in [2.05, 4.69) is 62.4 Å². The van der Waals surface area contributed by atoms with Gasteiger partial charge in [0, 0.05) is 29.5 Å². The van der Waals surface area contributed by atoms with E-state index in [0.29, 0.717) is 5.11 Å². The van der Waals surface area contributed by atoms with Crippen molar-refractivity contribution in [1.29, 1.82) is 0 Å². The molecule has 1 aliphatic rings. The smallest absolute Gasteiger partial charge is 0.174 e. The molecule has 1 fully saturated rings. The van der Waals surface area contributed by atoms with E-state index in [1.54, 1.807) is 7.11 Å². The summed E-state index contributed by atoms with van der Waals surface area (Å²) < 4.78 is 13.7. The zero-order valence-electron chi connectivity index (χ0n) is 21.7. The fourth-order valence-electron chi connectivity index (χ4n) is 5.02. The van der Waals surface area contributed by atoms with Gasteiger partial charge in [0.1, 0.15) is 23.3 Å². The van der Waals surface area contributed by atoms with E-state index < -0.39 is 0 Å². The third-order valence-electron chi connectivity index (χ3n) is 6.97. The van der Waals surface area contributed by atoms with E-state index in [4.69, 9.17) is 21.7 Å². The van der Waals surface area contributed by atoms with Crippen molar-refractivity contribution in [2.75, 3.05) is 12.0 Å². The van der Waals surface area contributed by atoms with Crippen LogP contribution in [0, 0.1) is 6.92 Å². The summed E-state index contributed by atoms with van der Waals surface area (Å²) in [6.07, 6.45) is 3.89. The van der Waals surface area contributed by atoms with Gasteiger partial charge < -0.3 is 24.3 Å². The molecule has 0 radical (unpaired) electrons. The number of nitrogens with zero attached hydrogens (tertiary/aromatic N) is 3. The normalized spacial score (nSPS) is 16.7. The second kappa shape index (κ2) is 10.6. The molecule has 3 heterocycles. The molecule has 0 amide bonds. The number of pyridine rings is 1. The van der Waals surface area contributed by atoms with E-state index in [1.807, 2.05) is 79.9 Å². The summed E-state index contributed by atoms with van der Waals surface area (Å²) in [6, 6.07) is 34.0. The Labute approximate surface area is 233 Å². The van der Waals surface area contributed by atoms with Crippen LogP contribution in [0.25, 0.3) is 5.69 Å². The molecule has 1 N–H and O–H groups in total. The summed E-state index contributed by atoms with van der Waals surface area (Å²) in [7, 11) is 1.67. The van der Waals surface area contributed by atoms with Crippen LogP contribution in [-0.2, 0) is 0 Å². The SMILES string of the molecule is COc1ccc(-n2cccc2[C@@H]2[C@H](c3ccccn3)NC(=S)N2c2ccc(Oc3ccccc3C)cc2)cc1. The molecule has 1 saturated heterocycles. The van der Waals surface area contributed by atoms with Crippen molar-refractivity contribution in [3.8, 4) is 22.9 Å². The van der Waals surface area contributed by atoms with E-state index >= 15 is 0 Å². The minimum absolute atomic E-state index is 0.145. The van der Waals surface area contributed by atoms with Gasteiger partial charge in [-0.05, 0) is 104 Å². The number of thiocarbonyl (C=S) groups is 1. The molecule has 3 aromatic carbocycles. The Morgan fingerprint density at radius 3 is 2.23 bits per heavy atom. The summed E-state index contributed by atoms with van der Waals surface area (Å²) in [5.74, 6) is 2.43. The third-order valence-corrected chi connectivity index (χ3v) is 7.28. The molecule has 7 heteroatoms. The molecule has 6 nitrogen and oxygen atoms in total. The van der Waals surface area contributed by atoms with Crippen LogP contribution in [0.2, 0.25) is 0 Å². The van der Waals surface area contributed by atoms with Crippen molar-refractivity contribution in [2.45, 2.75) is 19.0 Å². The highest BCUT2D eigenvalue weighted by molar-refractivity contribution is 7.80. The molecular weight excluding hydrogens is 504 g/mol. The van der Waals surface area contributed by atoms with Gasteiger partial charge in [0.25, 0.3) is 0 Å². The standard InChI is InChI=1S/C32H28N4O2S/c1-22-8-3-4-11-29(22)38-26-18-14-24(15-19-26)36-31(30(34-32(36)39)27-9-5-6-20-33-27)28-10-7-21-35(28)23-12-16-25(37-2)17-13-23/h3-21,30-31H,1-2H3,(H,34,39)/t30-,31+/m0/s1. The molecule has 1 aliphatic heterocycles. The molecule has 6 rings (SSSR count). The molecule has 0 aliphatic carbocycles. The summed E-state index contributed by atoms with van der Waals surface area (Å²) in [4.78, 5) is 6.85. The summed E-state index contributed by atoms with van der Waals surface area (Å²) in [5, 5.41) is 4.19. The van der Waals surface area contributed by atoms with Crippen LogP contribution < -0.4 is 19.7 Å². The van der Waals surface area contributed by atoms with Crippen LogP contribution in [-0.4, -0.2) is 21.8 Å². The van der Waals surface area contributed by atoms with Crippen molar-refractivity contribution >= 4 is 23.0 Å². The molecule has 2 atom stereocenters. The fourth-order valence-corrected chi connectivity index (χ4v) is 5.37. The van der Waals surface area contributed by atoms with Crippen molar-refractivity contribution in [3.05, 3.63) is 132 Å². The van der Waals surface area contributed by atoms with Crippen LogP contribution in [0.3, 0.4) is 0 Å². The van der Waals surface area contributed by atoms with Gasteiger partial charge in [-0.3, -0.25) is 4.98 Å². The van der Waals surface area contributed by atoms with Crippen molar-refractivity contribution in [3.63, 3.8) is 0 Å². The summed E-state index contributed by atoms with van der Waals surface area (Å²) in [6.45, 7) is 2.04. The van der Waals surface area contributed by atoms with Gasteiger partial charge in [-0.2, -0.15) is 0 Å². The van der Waals surface area contributed by atoms with E-state index in [0.717, 1.165) is 45.6 Å². The molecule has 0 bridgehead atoms. The van der Waals surface area contributed by atoms with Gasteiger partial charge in [-0.25, -0.2) is 0 Å². The lowest BCUT2D eigenvalue weighted by molar-refractivity contribution is 0.414. The van der Waals surface area contributed by atoms with Crippen LogP contribution >= 0.6 is 12.2 Å². The van der Waals surface area contributed by atoms with Gasteiger partial charge >= 0.3 is 0 Å². The van der Waals surface area contributed by atoms with Crippen molar-refractivity contribution in [1.82, 2.24) is 14.9 Å². The average molecular weight is 533 g/mol. The Balaban J connectivity index is 1.39.